The molecule has 0 saturated heterocycles. The highest BCUT2D eigenvalue weighted by molar-refractivity contribution is 5.79. The average molecular weight is 375 g/mol. The van der Waals surface area contributed by atoms with Gasteiger partial charge in [-0.25, -0.2) is 4.98 Å². The molecule has 9 nitrogen and oxygen atoms in total. The first-order chi connectivity index (χ1) is 13.6. The maximum Gasteiger partial charge on any atom is 0.261 e. The van der Waals surface area contributed by atoms with Crippen LogP contribution in [0, 0.1) is 0 Å². The van der Waals surface area contributed by atoms with E-state index in [-0.39, 0.29) is 24.6 Å². The van der Waals surface area contributed by atoms with Gasteiger partial charge in [0.25, 0.3) is 5.56 Å². The molecule has 9 heteroatoms. The number of benzene rings is 1. The Morgan fingerprint density at radius 3 is 2.79 bits per heavy atom. The summed E-state index contributed by atoms with van der Waals surface area (Å²) in [5.74, 6) is -0.318. The van der Waals surface area contributed by atoms with Crippen LogP contribution in [0.2, 0.25) is 0 Å². The molecule has 3 heterocycles. The maximum atomic E-state index is 12.5. The van der Waals surface area contributed by atoms with Crippen molar-refractivity contribution in [2.24, 2.45) is 7.05 Å². The van der Waals surface area contributed by atoms with E-state index in [0.717, 1.165) is 5.56 Å². The Kier molecular flexibility index (Phi) is 4.63. The minimum atomic E-state index is -0.318. The van der Waals surface area contributed by atoms with Gasteiger partial charge in [-0.1, -0.05) is 12.1 Å². The quantitative estimate of drug-likeness (QED) is 0.555. The van der Waals surface area contributed by atoms with Crippen LogP contribution < -0.4 is 10.9 Å². The number of fused-ring (bicyclic) bond motifs is 1. The topological polar surface area (TPSA) is 108 Å². The molecule has 3 aromatic heterocycles. The van der Waals surface area contributed by atoms with Crippen LogP contribution in [-0.2, 0) is 24.9 Å². The van der Waals surface area contributed by atoms with E-state index in [4.69, 9.17) is 0 Å². The van der Waals surface area contributed by atoms with E-state index in [2.05, 4.69) is 25.4 Å². The number of aryl methyl sites for hydroxylation is 1. The number of rotatable bonds is 5. The van der Waals surface area contributed by atoms with Crippen LogP contribution in [0.15, 0.2) is 60.2 Å². The lowest BCUT2D eigenvalue weighted by Crippen LogP contribution is -2.32. The Morgan fingerprint density at radius 1 is 1.14 bits per heavy atom. The van der Waals surface area contributed by atoms with E-state index in [9.17, 15) is 9.59 Å². The minimum absolute atomic E-state index is 0.126. The van der Waals surface area contributed by atoms with Gasteiger partial charge in [0.1, 0.15) is 6.54 Å². The third-order valence-corrected chi connectivity index (χ3v) is 4.25. The molecule has 28 heavy (non-hydrogen) atoms. The summed E-state index contributed by atoms with van der Waals surface area (Å²) in [6.07, 6.45) is 8.06. The normalized spacial score (nSPS) is 10.9. The van der Waals surface area contributed by atoms with Crippen molar-refractivity contribution in [3.63, 3.8) is 0 Å². The molecule has 0 aliphatic heterocycles. The van der Waals surface area contributed by atoms with Gasteiger partial charge in [0, 0.05) is 31.2 Å². The molecule has 0 bridgehead atoms. The molecule has 1 amide bonds. The van der Waals surface area contributed by atoms with Crippen LogP contribution in [0.1, 0.15) is 5.69 Å². The second-order valence-corrected chi connectivity index (χ2v) is 6.23. The molecule has 1 aromatic carbocycles. The maximum absolute atomic E-state index is 12.5. The highest BCUT2D eigenvalue weighted by Gasteiger charge is 2.12. The Morgan fingerprint density at radius 2 is 1.96 bits per heavy atom. The van der Waals surface area contributed by atoms with Crippen LogP contribution in [0.4, 0.5) is 0 Å². The second-order valence-electron chi connectivity index (χ2n) is 6.23. The summed E-state index contributed by atoms with van der Waals surface area (Å²) in [6.45, 7) is 0.0613. The zero-order valence-corrected chi connectivity index (χ0v) is 15.1. The number of nitrogens with zero attached hydrogens (tertiary/aromatic N) is 6. The summed E-state index contributed by atoms with van der Waals surface area (Å²) < 4.78 is 2.96. The summed E-state index contributed by atoms with van der Waals surface area (Å²) in [6, 6.07) is 7.03. The predicted molar refractivity (Wildman–Crippen MR) is 102 cm³/mol. The van der Waals surface area contributed by atoms with Gasteiger partial charge in [-0.3, -0.25) is 28.8 Å². The Hall–Kier alpha value is -3.88. The van der Waals surface area contributed by atoms with Crippen molar-refractivity contribution >= 4 is 16.8 Å². The number of hydrogen-bond donors (Lipinski definition) is 1. The molecule has 0 unspecified atom stereocenters. The summed E-state index contributed by atoms with van der Waals surface area (Å²) in [5, 5.41) is 7.40. The highest BCUT2D eigenvalue weighted by atomic mass is 16.2. The molecule has 1 N–H and O–H groups in total. The van der Waals surface area contributed by atoms with Crippen LogP contribution in [0.25, 0.3) is 22.2 Å². The molecule has 140 valence electrons. The summed E-state index contributed by atoms with van der Waals surface area (Å²) in [7, 11) is 1.82. The SMILES string of the molecule is Cn1cc(-c2nccnc2CNC(=O)Cn2cnc3ccccc3c2=O)cn1. The van der Waals surface area contributed by atoms with Crippen molar-refractivity contribution in [3.05, 3.63) is 71.4 Å². The van der Waals surface area contributed by atoms with Crippen molar-refractivity contribution in [3.8, 4) is 11.3 Å². The Balaban J connectivity index is 1.49. The van der Waals surface area contributed by atoms with E-state index in [0.29, 0.717) is 22.3 Å². The molecule has 4 aromatic rings. The molecular weight excluding hydrogens is 358 g/mol. The van der Waals surface area contributed by atoms with Gasteiger partial charge >= 0.3 is 0 Å². The molecular formula is C19H17N7O2. The summed E-state index contributed by atoms with van der Waals surface area (Å²) in [4.78, 5) is 37.7. The van der Waals surface area contributed by atoms with E-state index < -0.39 is 0 Å². The van der Waals surface area contributed by atoms with Crippen molar-refractivity contribution in [2.45, 2.75) is 13.1 Å². The molecule has 0 fully saturated rings. The number of aromatic nitrogens is 6. The first-order valence-electron chi connectivity index (χ1n) is 8.61. The Labute approximate surface area is 159 Å². The highest BCUT2D eigenvalue weighted by Crippen LogP contribution is 2.18. The number of carbonyl (C=O) groups excluding carboxylic acids is 1. The standard InChI is InChI=1S/C19H17N7O2/c1-25-10-13(8-24-25)18-16(20-6-7-21-18)9-22-17(27)11-26-12-23-15-5-3-2-4-14(15)19(26)28/h2-8,10,12H,9,11H2,1H3,(H,22,27). The first-order valence-corrected chi connectivity index (χ1v) is 8.61. The van der Waals surface area contributed by atoms with Gasteiger partial charge < -0.3 is 5.32 Å². The summed E-state index contributed by atoms with van der Waals surface area (Å²) >= 11 is 0. The van der Waals surface area contributed by atoms with E-state index in [1.807, 2.05) is 19.3 Å². The summed E-state index contributed by atoms with van der Waals surface area (Å²) in [5.41, 5.74) is 2.43. The van der Waals surface area contributed by atoms with Crippen LogP contribution in [0.5, 0.6) is 0 Å². The number of nitrogens with one attached hydrogen (secondary N) is 1. The zero-order chi connectivity index (χ0) is 19.5. The number of amides is 1. The van der Waals surface area contributed by atoms with Gasteiger partial charge in [0.15, 0.2) is 0 Å². The fourth-order valence-corrected chi connectivity index (χ4v) is 2.89. The fraction of sp³-hybridized carbons (Fsp3) is 0.158. The van der Waals surface area contributed by atoms with Crippen LogP contribution in [0.3, 0.4) is 0 Å². The lowest BCUT2D eigenvalue weighted by molar-refractivity contribution is -0.121. The van der Waals surface area contributed by atoms with E-state index >= 15 is 0 Å². The van der Waals surface area contributed by atoms with Gasteiger partial charge in [-0.2, -0.15) is 5.10 Å². The van der Waals surface area contributed by atoms with Crippen molar-refractivity contribution in [1.29, 1.82) is 0 Å². The zero-order valence-electron chi connectivity index (χ0n) is 15.1. The van der Waals surface area contributed by atoms with Crippen molar-refractivity contribution in [2.75, 3.05) is 0 Å². The van der Waals surface area contributed by atoms with Crippen molar-refractivity contribution < 1.29 is 4.79 Å². The van der Waals surface area contributed by atoms with E-state index in [1.54, 1.807) is 41.5 Å². The van der Waals surface area contributed by atoms with Crippen molar-refractivity contribution in [1.82, 2.24) is 34.6 Å². The molecule has 0 spiro atoms. The third kappa shape index (κ3) is 3.50. The number of para-hydroxylation sites is 1. The average Bonchev–Trinajstić information content (AvgIpc) is 3.15. The fourth-order valence-electron chi connectivity index (χ4n) is 2.89. The van der Waals surface area contributed by atoms with Crippen LogP contribution in [-0.4, -0.2) is 35.2 Å². The Bertz CT molecular complexity index is 1210. The van der Waals surface area contributed by atoms with Gasteiger partial charge in [-0.05, 0) is 12.1 Å². The molecule has 0 atom stereocenters. The largest absolute Gasteiger partial charge is 0.349 e. The molecule has 0 radical (unpaired) electrons. The lowest BCUT2D eigenvalue weighted by Gasteiger charge is -2.09. The van der Waals surface area contributed by atoms with Crippen LogP contribution >= 0.6 is 0 Å². The smallest absolute Gasteiger partial charge is 0.261 e. The minimum Gasteiger partial charge on any atom is -0.349 e. The molecule has 4 rings (SSSR count). The van der Waals surface area contributed by atoms with Gasteiger partial charge in [-0.15, -0.1) is 0 Å². The number of carbonyl (C=O) groups is 1. The van der Waals surface area contributed by atoms with Gasteiger partial charge in [0.2, 0.25) is 5.91 Å². The van der Waals surface area contributed by atoms with E-state index in [1.165, 1.54) is 10.9 Å². The molecule has 0 aliphatic carbocycles. The predicted octanol–water partition coefficient (Wildman–Crippen LogP) is 0.903. The number of hydrogen-bond acceptors (Lipinski definition) is 6. The molecule has 0 saturated carbocycles. The third-order valence-electron chi connectivity index (χ3n) is 4.25. The second kappa shape index (κ2) is 7.39. The first kappa shape index (κ1) is 17.5. The monoisotopic (exact) mass is 375 g/mol. The molecule has 0 aliphatic rings. The van der Waals surface area contributed by atoms with Gasteiger partial charge in [0.05, 0.1) is 41.4 Å². The lowest BCUT2D eigenvalue weighted by atomic mass is 10.2.